The fourth-order valence-electron chi connectivity index (χ4n) is 3.06. The summed E-state index contributed by atoms with van der Waals surface area (Å²) in [4.78, 5) is 24.7. The number of para-hydroxylation sites is 2. The zero-order chi connectivity index (χ0) is 21.5. The second-order valence-electron chi connectivity index (χ2n) is 7.37. The van der Waals surface area contributed by atoms with Gasteiger partial charge in [-0.2, -0.15) is 0 Å². The fraction of sp³-hybridized carbons (Fsp3) is 0.200. The number of ether oxygens (including phenoxy) is 1. The SMILES string of the molecule is Cc1ccccc1NC(=O)c1ccc(OCC(=O)Nc2ccccc2C(C)C)cc1. The average molecular weight is 402 g/mol. The summed E-state index contributed by atoms with van der Waals surface area (Å²) in [5.74, 6) is 0.402. The first-order valence-corrected chi connectivity index (χ1v) is 9.92. The van der Waals surface area contributed by atoms with Crippen molar-refractivity contribution in [1.29, 1.82) is 0 Å². The molecule has 0 aromatic heterocycles. The van der Waals surface area contributed by atoms with Crippen molar-refractivity contribution in [3.8, 4) is 5.75 Å². The molecule has 0 heterocycles. The Hall–Kier alpha value is -3.60. The zero-order valence-corrected chi connectivity index (χ0v) is 17.4. The number of carbonyl (C=O) groups is 2. The van der Waals surface area contributed by atoms with Gasteiger partial charge in [-0.25, -0.2) is 0 Å². The number of rotatable bonds is 7. The van der Waals surface area contributed by atoms with Gasteiger partial charge in [0.2, 0.25) is 0 Å². The van der Waals surface area contributed by atoms with Crippen molar-refractivity contribution in [3.05, 3.63) is 89.5 Å². The topological polar surface area (TPSA) is 67.4 Å². The van der Waals surface area contributed by atoms with Gasteiger partial charge in [0, 0.05) is 16.9 Å². The molecule has 3 rings (SSSR count). The molecule has 0 saturated carbocycles. The first-order valence-electron chi connectivity index (χ1n) is 9.92. The van der Waals surface area contributed by atoms with Gasteiger partial charge in [-0.1, -0.05) is 50.2 Å². The van der Waals surface area contributed by atoms with Gasteiger partial charge in [-0.3, -0.25) is 9.59 Å². The molecule has 3 aromatic rings. The summed E-state index contributed by atoms with van der Waals surface area (Å²) in [7, 11) is 0. The Labute approximate surface area is 177 Å². The van der Waals surface area contributed by atoms with Crippen LogP contribution < -0.4 is 15.4 Å². The lowest BCUT2D eigenvalue weighted by Crippen LogP contribution is -2.21. The van der Waals surface area contributed by atoms with Gasteiger partial charge in [0.15, 0.2) is 6.61 Å². The van der Waals surface area contributed by atoms with Crippen LogP contribution >= 0.6 is 0 Å². The Morgan fingerprint density at radius 1 is 0.833 bits per heavy atom. The molecular formula is C25H26N2O3. The molecule has 0 aliphatic carbocycles. The summed E-state index contributed by atoms with van der Waals surface area (Å²) in [6.07, 6.45) is 0. The van der Waals surface area contributed by atoms with Crippen molar-refractivity contribution in [2.45, 2.75) is 26.7 Å². The van der Waals surface area contributed by atoms with Crippen LogP contribution in [0.1, 0.15) is 41.3 Å². The van der Waals surface area contributed by atoms with E-state index < -0.39 is 0 Å². The summed E-state index contributed by atoms with van der Waals surface area (Å²) >= 11 is 0. The molecular weight excluding hydrogens is 376 g/mol. The second kappa shape index (κ2) is 9.74. The minimum atomic E-state index is -0.232. The number of aryl methyl sites for hydroxylation is 1. The summed E-state index contributed by atoms with van der Waals surface area (Å²) < 4.78 is 5.57. The lowest BCUT2D eigenvalue weighted by atomic mass is 10.0. The van der Waals surface area contributed by atoms with E-state index in [2.05, 4.69) is 24.5 Å². The maximum Gasteiger partial charge on any atom is 0.262 e. The standard InChI is InChI=1S/C25H26N2O3/c1-17(2)21-9-5-7-11-23(21)26-24(28)16-30-20-14-12-19(13-15-20)25(29)27-22-10-6-4-8-18(22)3/h4-15,17H,16H2,1-3H3,(H,26,28)(H,27,29). The van der Waals surface area contributed by atoms with Crippen LogP contribution in [0.5, 0.6) is 5.75 Å². The Balaban J connectivity index is 1.55. The van der Waals surface area contributed by atoms with Crippen LogP contribution in [0.4, 0.5) is 11.4 Å². The van der Waals surface area contributed by atoms with Crippen molar-refractivity contribution < 1.29 is 14.3 Å². The van der Waals surface area contributed by atoms with E-state index in [1.54, 1.807) is 24.3 Å². The van der Waals surface area contributed by atoms with Crippen LogP contribution in [0.25, 0.3) is 0 Å². The summed E-state index contributed by atoms with van der Waals surface area (Å²) in [5.41, 5.74) is 4.16. The third-order valence-electron chi connectivity index (χ3n) is 4.74. The third kappa shape index (κ3) is 5.47. The predicted octanol–water partition coefficient (Wildman–Crippen LogP) is 5.39. The van der Waals surface area contributed by atoms with Crippen molar-refractivity contribution in [2.24, 2.45) is 0 Å². The Morgan fingerprint density at radius 2 is 1.47 bits per heavy atom. The van der Waals surface area contributed by atoms with Crippen LogP contribution in [0, 0.1) is 6.92 Å². The molecule has 0 saturated heterocycles. The highest BCUT2D eigenvalue weighted by Gasteiger charge is 2.11. The molecule has 5 heteroatoms. The van der Waals surface area contributed by atoms with Crippen molar-refractivity contribution in [3.63, 3.8) is 0 Å². The van der Waals surface area contributed by atoms with Crippen LogP contribution in [-0.4, -0.2) is 18.4 Å². The van der Waals surface area contributed by atoms with Gasteiger partial charge in [-0.15, -0.1) is 0 Å². The summed E-state index contributed by atoms with van der Waals surface area (Å²) in [6.45, 7) is 5.99. The highest BCUT2D eigenvalue weighted by molar-refractivity contribution is 6.04. The zero-order valence-electron chi connectivity index (χ0n) is 17.4. The van der Waals surface area contributed by atoms with Gasteiger partial charge in [0.1, 0.15) is 5.75 Å². The summed E-state index contributed by atoms with van der Waals surface area (Å²) in [6, 6.07) is 22.1. The Kier molecular flexibility index (Phi) is 6.86. The van der Waals surface area contributed by atoms with E-state index in [0.717, 1.165) is 22.5 Å². The van der Waals surface area contributed by atoms with E-state index in [1.807, 2.05) is 55.5 Å². The van der Waals surface area contributed by atoms with E-state index >= 15 is 0 Å². The maximum absolute atomic E-state index is 12.4. The molecule has 0 fully saturated rings. The molecule has 0 aliphatic rings. The van der Waals surface area contributed by atoms with Crippen LogP contribution in [0.3, 0.4) is 0 Å². The van der Waals surface area contributed by atoms with Gasteiger partial charge >= 0.3 is 0 Å². The second-order valence-corrected chi connectivity index (χ2v) is 7.37. The molecule has 2 N–H and O–H groups in total. The molecule has 3 aromatic carbocycles. The van der Waals surface area contributed by atoms with Crippen LogP contribution in [0.2, 0.25) is 0 Å². The number of nitrogens with one attached hydrogen (secondary N) is 2. The first kappa shape index (κ1) is 21.1. The highest BCUT2D eigenvalue weighted by atomic mass is 16.5. The predicted molar refractivity (Wildman–Crippen MR) is 120 cm³/mol. The van der Waals surface area contributed by atoms with Gasteiger partial charge in [-0.05, 0) is 60.4 Å². The number of hydrogen-bond acceptors (Lipinski definition) is 3. The van der Waals surface area contributed by atoms with E-state index in [4.69, 9.17) is 4.74 Å². The molecule has 0 radical (unpaired) electrons. The quantitative estimate of drug-likeness (QED) is 0.557. The van der Waals surface area contributed by atoms with Crippen molar-refractivity contribution in [2.75, 3.05) is 17.2 Å². The van der Waals surface area contributed by atoms with E-state index in [1.165, 1.54) is 0 Å². The molecule has 30 heavy (non-hydrogen) atoms. The lowest BCUT2D eigenvalue weighted by Gasteiger charge is -2.14. The molecule has 5 nitrogen and oxygen atoms in total. The highest BCUT2D eigenvalue weighted by Crippen LogP contribution is 2.23. The Bertz CT molecular complexity index is 1030. The molecule has 0 unspecified atom stereocenters. The average Bonchev–Trinajstić information content (AvgIpc) is 2.74. The maximum atomic E-state index is 12.4. The molecule has 2 amide bonds. The fourth-order valence-corrected chi connectivity index (χ4v) is 3.06. The number of amides is 2. The molecule has 0 atom stereocenters. The lowest BCUT2D eigenvalue weighted by molar-refractivity contribution is -0.118. The molecule has 0 spiro atoms. The van der Waals surface area contributed by atoms with Crippen molar-refractivity contribution in [1.82, 2.24) is 0 Å². The summed E-state index contributed by atoms with van der Waals surface area (Å²) in [5, 5.41) is 5.79. The van der Waals surface area contributed by atoms with E-state index in [0.29, 0.717) is 17.2 Å². The number of carbonyl (C=O) groups excluding carboxylic acids is 2. The normalized spacial score (nSPS) is 10.5. The number of anilines is 2. The molecule has 154 valence electrons. The van der Waals surface area contributed by atoms with Crippen molar-refractivity contribution >= 4 is 23.2 Å². The van der Waals surface area contributed by atoms with E-state index in [9.17, 15) is 9.59 Å². The minimum absolute atomic E-state index is 0.110. The van der Waals surface area contributed by atoms with E-state index in [-0.39, 0.29) is 18.4 Å². The van der Waals surface area contributed by atoms with Gasteiger partial charge in [0.25, 0.3) is 11.8 Å². The monoisotopic (exact) mass is 402 g/mol. The number of benzene rings is 3. The van der Waals surface area contributed by atoms with Gasteiger partial charge in [0.05, 0.1) is 0 Å². The van der Waals surface area contributed by atoms with Crippen LogP contribution in [-0.2, 0) is 4.79 Å². The smallest absolute Gasteiger partial charge is 0.262 e. The molecule has 0 aliphatic heterocycles. The van der Waals surface area contributed by atoms with Crippen LogP contribution in [0.15, 0.2) is 72.8 Å². The largest absolute Gasteiger partial charge is 0.484 e. The Morgan fingerprint density at radius 3 is 2.13 bits per heavy atom. The van der Waals surface area contributed by atoms with Gasteiger partial charge < -0.3 is 15.4 Å². The minimum Gasteiger partial charge on any atom is -0.484 e. The number of hydrogen-bond donors (Lipinski definition) is 2. The molecule has 0 bridgehead atoms. The third-order valence-corrected chi connectivity index (χ3v) is 4.74. The first-order chi connectivity index (χ1) is 14.4.